The molecule has 0 aliphatic carbocycles. The summed E-state index contributed by atoms with van der Waals surface area (Å²) in [7, 11) is 0. The lowest BCUT2D eigenvalue weighted by atomic mass is 9.91. The summed E-state index contributed by atoms with van der Waals surface area (Å²) in [5, 5.41) is 2.31. The van der Waals surface area contributed by atoms with Crippen molar-refractivity contribution in [2.75, 3.05) is 0 Å². The summed E-state index contributed by atoms with van der Waals surface area (Å²) in [6, 6.07) is 3.70. The van der Waals surface area contributed by atoms with Gasteiger partial charge in [-0.15, -0.1) is 0 Å². The zero-order chi connectivity index (χ0) is 12.2. The Morgan fingerprint density at radius 2 is 1.65 bits per heavy atom. The van der Waals surface area contributed by atoms with E-state index in [0.717, 1.165) is 21.9 Å². The number of rotatable bonds is 1. The maximum absolute atomic E-state index is 6.28. The van der Waals surface area contributed by atoms with Crippen molar-refractivity contribution in [3.05, 3.63) is 35.2 Å². The second-order valence-electron chi connectivity index (χ2n) is 4.74. The molecule has 0 fully saturated rings. The van der Waals surface area contributed by atoms with Crippen LogP contribution in [0.4, 0.5) is 0 Å². The minimum absolute atomic E-state index is 0.525. The van der Waals surface area contributed by atoms with Crippen LogP contribution in [-0.4, -0.2) is 0 Å². The number of halogens is 1. The zero-order valence-electron chi connectivity index (χ0n) is 9.58. The van der Waals surface area contributed by atoms with Gasteiger partial charge in [-0.25, -0.2) is 0 Å². The molecule has 0 radical (unpaired) electrons. The fraction of sp³-hybridized carbons (Fsp3) is 0.231. The van der Waals surface area contributed by atoms with E-state index in [1.165, 1.54) is 0 Å². The lowest BCUT2D eigenvalue weighted by molar-refractivity contribution is 0.539. The first-order chi connectivity index (χ1) is 8.00. The Labute approximate surface area is 103 Å². The molecule has 88 valence electrons. The lowest BCUT2D eigenvalue weighted by Crippen LogP contribution is -2.29. The molecule has 0 bridgehead atoms. The van der Waals surface area contributed by atoms with E-state index >= 15 is 0 Å². The highest BCUT2D eigenvalue weighted by molar-refractivity contribution is 6.40. The van der Waals surface area contributed by atoms with Crippen molar-refractivity contribution < 1.29 is 8.83 Å². The maximum atomic E-state index is 6.28. The van der Waals surface area contributed by atoms with Gasteiger partial charge in [-0.1, -0.05) is 11.6 Å². The van der Waals surface area contributed by atoms with Gasteiger partial charge in [0, 0.05) is 21.9 Å². The Balaban J connectivity index is 2.62. The van der Waals surface area contributed by atoms with Crippen molar-refractivity contribution in [2.24, 2.45) is 5.73 Å². The number of benzene rings is 1. The number of nitrogens with two attached hydrogens (primary N) is 1. The van der Waals surface area contributed by atoms with Gasteiger partial charge in [-0.2, -0.15) is 0 Å². The highest BCUT2D eigenvalue weighted by atomic mass is 35.5. The van der Waals surface area contributed by atoms with Crippen molar-refractivity contribution in [1.82, 2.24) is 0 Å². The van der Waals surface area contributed by atoms with E-state index in [4.69, 9.17) is 26.2 Å². The molecular weight excluding hydrogens is 238 g/mol. The zero-order valence-corrected chi connectivity index (χ0v) is 10.3. The number of furan rings is 2. The predicted octanol–water partition coefficient (Wildman–Crippen LogP) is 4.03. The smallest absolute Gasteiger partial charge is 0.153 e. The van der Waals surface area contributed by atoms with E-state index in [1.807, 2.05) is 26.0 Å². The molecule has 2 aromatic heterocycles. The average molecular weight is 250 g/mol. The van der Waals surface area contributed by atoms with E-state index in [2.05, 4.69) is 0 Å². The maximum Gasteiger partial charge on any atom is 0.153 e. The molecular formula is C13H12ClNO2. The molecule has 3 aromatic rings. The highest BCUT2D eigenvalue weighted by Gasteiger charge is 2.26. The van der Waals surface area contributed by atoms with Gasteiger partial charge in [0.15, 0.2) is 5.58 Å². The van der Waals surface area contributed by atoms with E-state index < -0.39 is 5.54 Å². The van der Waals surface area contributed by atoms with Gasteiger partial charge in [0.25, 0.3) is 0 Å². The third kappa shape index (κ3) is 1.39. The van der Waals surface area contributed by atoms with Gasteiger partial charge in [-0.05, 0) is 26.0 Å². The van der Waals surface area contributed by atoms with Crippen LogP contribution >= 0.6 is 11.6 Å². The molecule has 2 N–H and O–H groups in total. The van der Waals surface area contributed by atoms with Gasteiger partial charge in [0.1, 0.15) is 5.58 Å². The minimum atomic E-state index is -0.525. The van der Waals surface area contributed by atoms with Crippen LogP contribution in [0.25, 0.3) is 21.9 Å². The molecule has 0 saturated carbocycles. The van der Waals surface area contributed by atoms with E-state index in [9.17, 15) is 0 Å². The van der Waals surface area contributed by atoms with Crippen molar-refractivity contribution >= 4 is 33.5 Å². The van der Waals surface area contributed by atoms with Crippen molar-refractivity contribution in [1.29, 1.82) is 0 Å². The molecule has 0 amide bonds. The summed E-state index contributed by atoms with van der Waals surface area (Å²) in [5.74, 6) is 0. The van der Waals surface area contributed by atoms with Gasteiger partial charge >= 0.3 is 0 Å². The summed E-state index contributed by atoms with van der Waals surface area (Å²) in [6.07, 6.45) is 3.23. The second kappa shape index (κ2) is 3.28. The van der Waals surface area contributed by atoms with Crippen molar-refractivity contribution in [3.63, 3.8) is 0 Å². The van der Waals surface area contributed by atoms with Gasteiger partial charge in [0.2, 0.25) is 0 Å². The standard InChI is InChI=1S/C13H12ClNO2/c1-13(2,15)9-7-3-5-17-12(7)10(14)8-4-6-16-11(8)9/h3-6H,15H2,1-2H3. The topological polar surface area (TPSA) is 52.3 Å². The largest absolute Gasteiger partial charge is 0.464 e. The van der Waals surface area contributed by atoms with Crippen molar-refractivity contribution in [3.8, 4) is 0 Å². The summed E-state index contributed by atoms with van der Waals surface area (Å²) < 4.78 is 11.0. The van der Waals surface area contributed by atoms with Crippen LogP contribution in [0.3, 0.4) is 0 Å². The molecule has 3 rings (SSSR count). The molecule has 0 spiro atoms. The minimum Gasteiger partial charge on any atom is -0.464 e. The number of fused-ring (bicyclic) bond motifs is 2. The van der Waals surface area contributed by atoms with Gasteiger partial charge in [0.05, 0.1) is 17.5 Å². The molecule has 0 aliphatic heterocycles. The summed E-state index contributed by atoms with van der Waals surface area (Å²) in [4.78, 5) is 0. The molecule has 2 heterocycles. The Hall–Kier alpha value is -1.45. The molecule has 0 atom stereocenters. The Morgan fingerprint density at radius 1 is 1.06 bits per heavy atom. The highest BCUT2D eigenvalue weighted by Crippen LogP contribution is 2.40. The van der Waals surface area contributed by atoms with E-state index in [-0.39, 0.29) is 0 Å². The molecule has 0 aliphatic rings. The van der Waals surface area contributed by atoms with Crippen LogP contribution in [-0.2, 0) is 5.54 Å². The molecule has 1 aromatic carbocycles. The first kappa shape index (κ1) is 10.7. The Kier molecular flexibility index (Phi) is 2.06. The van der Waals surface area contributed by atoms with Crippen LogP contribution in [0.15, 0.2) is 33.5 Å². The Bertz CT molecular complexity index is 651. The van der Waals surface area contributed by atoms with Crippen LogP contribution in [0.1, 0.15) is 19.4 Å². The quantitative estimate of drug-likeness (QED) is 0.708. The predicted molar refractivity (Wildman–Crippen MR) is 68.2 cm³/mol. The summed E-state index contributed by atoms with van der Waals surface area (Å²) in [5.41, 5.74) is 8.00. The van der Waals surface area contributed by atoms with Gasteiger partial charge < -0.3 is 14.6 Å². The Morgan fingerprint density at radius 3 is 2.29 bits per heavy atom. The summed E-state index contributed by atoms with van der Waals surface area (Å²) >= 11 is 6.28. The van der Waals surface area contributed by atoms with Crippen LogP contribution in [0, 0.1) is 0 Å². The fourth-order valence-electron chi connectivity index (χ4n) is 2.24. The van der Waals surface area contributed by atoms with Crippen LogP contribution in [0.5, 0.6) is 0 Å². The normalized spacial score (nSPS) is 12.7. The fourth-order valence-corrected chi connectivity index (χ4v) is 2.53. The molecule has 0 unspecified atom stereocenters. The van der Waals surface area contributed by atoms with E-state index in [1.54, 1.807) is 12.5 Å². The monoisotopic (exact) mass is 249 g/mol. The molecule has 17 heavy (non-hydrogen) atoms. The molecule has 3 nitrogen and oxygen atoms in total. The first-order valence-corrected chi connectivity index (χ1v) is 5.73. The molecule has 0 saturated heterocycles. The van der Waals surface area contributed by atoms with E-state index in [0.29, 0.717) is 10.6 Å². The van der Waals surface area contributed by atoms with Crippen LogP contribution in [0.2, 0.25) is 5.02 Å². The number of hydrogen-bond acceptors (Lipinski definition) is 3. The molecule has 4 heteroatoms. The average Bonchev–Trinajstić information content (AvgIpc) is 2.83. The lowest BCUT2D eigenvalue weighted by Gasteiger charge is -2.20. The second-order valence-corrected chi connectivity index (χ2v) is 5.12. The first-order valence-electron chi connectivity index (χ1n) is 5.35. The van der Waals surface area contributed by atoms with Crippen molar-refractivity contribution in [2.45, 2.75) is 19.4 Å². The number of hydrogen-bond donors (Lipinski definition) is 1. The van der Waals surface area contributed by atoms with Crippen LogP contribution < -0.4 is 5.73 Å². The SMILES string of the molecule is CC(C)(N)c1c2ccoc2c(Cl)c2ccoc12. The van der Waals surface area contributed by atoms with Gasteiger partial charge in [-0.3, -0.25) is 0 Å². The summed E-state index contributed by atoms with van der Waals surface area (Å²) in [6.45, 7) is 3.87. The third-order valence-electron chi connectivity index (χ3n) is 2.91. The third-order valence-corrected chi connectivity index (χ3v) is 3.28.